The molecule has 82 valence electrons. The van der Waals surface area contributed by atoms with Gasteiger partial charge in [0.1, 0.15) is 0 Å². The summed E-state index contributed by atoms with van der Waals surface area (Å²) in [5.41, 5.74) is 1.46. The molecule has 15 heavy (non-hydrogen) atoms. The fourth-order valence-electron chi connectivity index (χ4n) is 2.22. The van der Waals surface area contributed by atoms with Gasteiger partial charge in [0.05, 0.1) is 4.05 Å². The van der Waals surface area contributed by atoms with Crippen molar-refractivity contribution in [3.05, 3.63) is 30.1 Å². The monoisotopic (exact) mass is 316 g/mol. The molecule has 0 amide bonds. The molecule has 2 heterocycles. The van der Waals surface area contributed by atoms with Gasteiger partial charge in [0.2, 0.25) is 0 Å². The van der Waals surface area contributed by atoms with E-state index in [4.69, 9.17) is 0 Å². The first kappa shape index (κ1) is 11.3. The highest BCUT2D eigenvalue weighted by atomic mass is 127. The fraction of sp³-hybridized carbons (Fsp3) is 0.583. The first-order valence-corrected chi connectivity index (χ1v) is 6.80. The summed E-state index contributed by atoms with van der Waals surface area (Å²) in [6, 6.07) is 4.32. The quantitative estimate of drug-likeness (QED) is 0.474. The van der Waals surface area contributed by atoms with Crippen LogP contribution in [-0.2, 0) is 0 Å². The lowest BCUT2D eigenvalue weighted by molar-refractivity contribution is 0.213. The zero-order valence-corrected chi connectivity index (χ0v) is 11.2. The van der Waals surface area contributed by atoms with Gasteiger partial charge in [0, 0.05) is 12.4 Å². The van der Waals surface area contributed by atoms with Crippen LogP contribution in [-0.4, -0.2) is 27.0 Å². The Bertz CT molecular complexity index is 292. The number of alkyl halides is 1. The Balaban J connectivity index is 1.94. The lowest BCUT2D eigenvalue weighted by atomic mass is 9.90. The van der Waals surface area contributed by atoms with Crippen molar-refractivity contribution in [2.24, 2.45) is 0 Å². The summed E-state index contributed by atoms with van der Waals surface area (Å²) >= 11 is 2.50. The van der Waals surface area contributed by atoms with E-state index in [2.05, 4.69) is 51.5 Å². The summed E-state index contributed by atoms with van der Waals surface area (Å²) in [6.07, 6.45) is 6.39. The molecule has 2 nitrogen and oxygen atoms in total. The maximum atomic E-state index is 4.07. The molecule has 1 atom stereocenters. The number of likely N-dealkylation sites (tertiary alicyclic amines) is 1. The molecular formula is C12H17IN2. The number of nitrogens with zero attached hydrogens (tertiary/aromatic N) is 2. The van der Waals surface area contributed by atoms with Gasteiger partial charge in [-0.05, 0) is 56.5 Å². The van der Waals surface area contributed by atoms with Crippen LogP contribution in [0.5, 0.6) is 0 Å². The second-order valence-corrected chi connectivity index (χ2v) is 5.97. The van der Waals surface area contributed by atoms with E-state index in [1.54, 1.807) is 0 Å². The third-order valence-corrected chi connectivity index (χ3v) is 4.00. The molecule has 1 aromatic rings. The minimum atomic E-state index is 0.668. The van der Waals surface area contributed by atoms with Crippen molar-refractivity contribution in [3.63, 3.8) is 0 Å². The molecule has 1 fully saturated rings. The lowest BCUT2D eigenvalue weighted by Crippen LogP contribution is -2.36. The topological polar surface area (TPSA) is 16.1 Å². The normalized spacial score (nSPS) is 21.5. The van der Waals surface area contributed by atoms with E-state index < -0.39 is 0 Å². The molecule has 3 heteroatoms. The van der Waals surface area contributed by atoms with Crippen LogP contribution in [0.25, 0.3) is 0 Å². The van der Waals surface area contributed by atoms with Gasteiger partial charge >= 0.3 is 0 Å². The van der Waals surface area contributed by atoms with Crippen LogP contribution in [0.2, 0.25) is 0 Å². The zero-order valence-electron chi connectivity index (χ0n) is 9.06. The van der Waals surface area contributed by atoms with E-state index >= 15 is 0 Å². The van der Waals surface area contributed by atoms with E-state index in [-0.39, 0.29) is 0 Å². The van der Waals surface area contributed by atoms with E-state index in [1.165, 1.54) is 31.5 Å². The molecule has 0 bridgehead atoms. The molecule has 0 saturated carbocycles. The smallest absolute Gasteiger partial charge is 0.0589 e. The summed E-state index contributed by atoms with van der Waals surface area (Å²) in [4.78, 5) is 6.63. The van der Waals surface area contributed by atoms with E-state index in [0.717, 1.165) is 5.92 Å². The molecule has 0 spiro atoms. The van der Waals surface area contributed by atoms with Gasteiger partial charge in [-0.3, -0.25) is 9.88 Å². The average molecular weight is 316 g/mol. The number of hydrogen-bond donors (Lipinski definition) is 0. The van der Waals surface area contributed by atoms with Crippen LogP contribution < -0.4 is 0 Å². The molecule has 0 N–H and O–H groups in total. The van der Waals surface area contributed by atoms with Crippen LogP contribution in [0.3, 0.4) is 0 Å². The molecule has 2 rings (SSSR count). The Labute approximate surface area is 105 Å². The van der Waals surface area contributed by atoms with Gasteiger partial charge in [-0.1, -0.05) is 22.6 Å². The summed E-state index contributed by atoms with van der Waals surface area (Å²) in [6.45, 7) is 4.74. The Morgan fingerprint density at radius 2 is 1.93 bits per heavy atom. The Hall–Kier alpha value is -0.160. The number of aromatic nitrogens is 1. The molecule has 1 aliphatic rings. The van der Waals surface area contributed by atoms with Crippen molar-refractivity contribution in [1.82, 2.24) is 9.88 Å². The van der Waals surface area contributed by atoms with Crippen molar-refractivity contribution in [3.8, 4) is 0 Å². The Morgan fingerprint density at radius 3 is 2.47 bits per heavy atom. The summed E-state index contributed by atoms with van der Waals surface area (Å²) in [5, 5.41) is 0. The molecule has 1 aliphatic heterocycles. The molecule has 0 radical (unpaired) electrons. The maximum Gasteiger partial charge on any atom is 0.0589 e. The first-order chi connectivity index (χ1) is 7.27. The summed E-state index contributed by atoms with van der Waals surface area (Å²) < 4.78 is 0.668. The van der Waals surface area contributed by atoms with Crippen molar-refractivity contribution in [1.29, 1.82) is 0 Å². The molecule has 1 aromatic heterocycles. The Morgan fingerprint density at radius 1 is 1.33 bits per heavy atom. The maximum absolute atomic E-state index is 4.07. The number of pyridine rings is 1. The van der Waals surface area contributed by atoms with E-state index in [1.807, 2.05) is 12.4 Å². The lowest BCUT2D eigenvalue weighted by Gasteiger charge is -2.33. The predicted octanol–water partition coefficient (Wildman–Crippen LogP) is 3.04. The highest BCUT2D eigenvalue weighted by Gasteiger charge is 2.22. The van der Waals surface area contributed by atoms with Gasteiger partial charge in [-0.15, -0.1) is 0 Å². The summed E-state index contributed by atoms with van der Waals surface area (Å²) in [5.74, 6) is 0.749. The van der Waals surface area contributed by atoms with Gasteiger partial charge in [-0.2, -0.15) is 0 Å². The van der Waals surface area contributed by atoms with Crippen LogP contribution in [0.15, 0.2) is 24.5 Å². The SMILES string of the molecule is CC(I)N1CCC(c2ccncc2)CC1. The van der Waals surface area contributed by atoms with Crippen LogP contribution in [0.1, 0.15) is 31.2 Å². The number of rotatable bonds is 2. The fourth-order valence-corrected chi connectivity index (χ4v) is 2.78. The third-order valence-electron chi connectivity index (χ3n) is 3.21. The highest BCUT2D eigenvalue weighted by molar-refractivity contribution is 14.1. The second kappa shape index (κ2) is 5.25. The van der Waals surface area contributed by atoms with Crippen LogP contribution in [0.4, 0.5) is 0 Å². The third kappa shape index (κ3) is 2.91. The zero-order chi connectivity index (χ0) is 10.7. The molecule has 1 unspecified atom stereocenters. The number of piperidine rings is 1. The van der Waals surface area contributed by atoms with E-state index in [0.29, 0.717) is 4.05 Å². The number of halogens is 1. The predicted molar refractivity (Wildman–Crippen MR) is 71.3 cm³/mol. The van der Waals surface area contributed by atoms with Crippen molar-refractivity contribution in [2.45, 2.75) is 29.7 Å². The number of hydrogen-bond acceptors (Lipinski definition) is 2. The largest absolute Gasteiger partial charge is 0.292 e. The highest BCUT2D eigenvalue weighted by Crippen LogP contribution is 2.28. The molecule has 0 aliphatic carbocycles. The van der Waals surface area contributed by atoms with Crippen molar-refractivity contribution >= 4 is 22.6 Å². The molecule has 0 aromatic carbocycles. The minimum Gasteiger partial charge on any atom is -0.292 e. The minimum absolute atomic E-state index is 0.668. The van der Waals surface area contributed by atoms with Crippen molar-refractivity contribution < 1.29 is 0 Å². The van der Waals surface area contributed by atoms with Crippen LogP contribution >= 0.6 is 22.6 Å². The standard InChI is InChI=1S/C12H17IN2/c1-10(13)15-8-4-12(5-9-15)11-2-6-14-7-3-11/h2-3,6-7,10,12H,4-5,8-9H2,1H3. The van der Waals surface area contributed by atoms with Gasteiger partial charge in [-0.25, -0.2) is 0 Å². The van der Waals surface area contributed by atoms with Gasteiger partial charge < -0.3 is 0 Å². The van der Waals surface area contributed by atoms with Gasteiger partial charge in [0.25, 0.3) is 0 Å². The molecular weight excluding hydrogens is 299 g/mol. The van der Waals surface area contributed by atoms with Crippen molar-refractivity contribution in [2.75, 3.05) is 13.1 Å². The first-order valence-electron chi connectivity index (χ1n) is 5.55. The Kier molecular flexibility index (Phi) is 3.97. The summed E-state index contributed by atoms with van der Waals surface area (Å²) in [7, 11) is 0. The van der Waals surface area contributed by atoms with E-state index in [9.17, 15) is 0 Å². The van der Waals surface area contributed by atoms with Gasteiger partial charge in [0.15, 0.2) is 0 Å². The average Bonchev–Trinajstić information content (AvgIpc) is 2.30. The van der Waals surface area contributed by atoms with Crippen LogP contribution in [0, 0.1) is 0 Å². The second-order valence-electron chi connectivity index (χ2n) is 4.16. The molecule has 1 saturated heterocycles.